The zero-order chi connectivity index (χ0) is 20.1. The standard InChI is InChI=1S/C18H15F3N2O4S/c1-16-11-5-6-12(26-11)17(16,2)14(25)23(13(16)24)15-22-9-4-3-8(7-10(9)28-15)27-18(19,20)21/h3-4,7,11-12H,5-6H2,1-2H3/t11-,12-,16-,17+/m1/s1. The van der Waals surface area contributed by atoms with Crippen molar-refractivity contribution in [3.63, 3.8) is 0 Å². The molecule has 3 aliphatic rings. The van der Waals surface area contributed by atoms with Crippen LogP contribution >= 0.6 is 11.3 Å². The predicted molar refractivity (Wildman–Crippen MR) is 92.9 cm³/mol. The molecule has 4 atom stereocenters. The van der Waals surface area contributed by atoms with Crippen LogP contribution in [-0.4, -0.2) is 35.4 Å². The van der Waals surface area contributed by atoms with Crippen molar-refractivity contribution in [3.8, 4) is 5.75 Å². The van der Waals surface area contributed by atoms with Gasteiger partial charge < -0.3 is 9.47 Å². The first-order chi connectivity index (χ1) is 13.1. The van der Waals surface area contributed by atoms with Crippen molar-refractivity contribution in [2.75, 3.05) is 4.90 Å². The SMILES string of the molecule is C[C@@]12C(=O)N(c3nc4ccc(OC(F)(F)F)cc4s3)C(=O)[C@]1(C)[C@H]1CC[C@H]2O1. The molecule has 10 heteroatoms. The van der Waals surface area contributed by atoms with Crippen LogP contribution in [0.5, 0.6) is 5.75 Å². The molecule has 0 spiro atoms. The number of imide groups is 1. The third-order valence-electron chi connectivity index (χ3n) is 6.45. The molecule has 3 saturated heterocycles. The molecular weight excluding hydrogens is 397 g/mol. The molecule has 0 aliphatic carbocycles. The van der Waals surface area contributed by atoms with Gasteiger partial charge in [-0.15, -0.1) is 13.2 Å². The fourth-order valence-corrected chi connectivity index (χ4v) is 5.78. The summed E-state index contributed by atoms with van der Waals surface area (Å²) in [5.41, 5.74) is -1.54. The average molecular weight is 412 g/mol. The Bertz CT molecular complexity index is 1000. The molecule has 0 saturated carbocycles. The minimum Gasteiger partial charge on any atom is -0.406 e. The van der Waals surface area contributed by atoms with Crippen LogP contribution in [0, 0.1) is 10.8 Å². The van der Waals surface area contributed by atoms with E-state index in [2.05, 4.69) is 9.72 Å². The van der Waals surface area contributed by atoms with Gasteiger partial charge in [-0.25, -0.2) is 9.88 Å². The monoisotopic (exact) mass is 412 g/mol. The number of aromatic nitrogens is 1. The lowest BCUT2D eigenvalue weighted by molar-refractivity contribution is -0.274. The van der Waals surface area contributed by atoms with Crippen molar-refractivity contribution >= 4 is 38.5 Å². The summed E-state index contributed by atoms with van der Waals surface area (Å²) in [6.07, 6.45) is -3.99. The number of fused-ring (bicyclic) bond motifs is 6. The van der Waals surface area contributed by atoms with E-state index >= 15 is 0 Å². The Morgan fingerprint density at radius 1 is 1.18 bits per heavy atom. The van der Waals surface area contributed by atoms with Crippen LogP contribution < -0.4 is 9.64 Å². The Morgan fingerprint density at radius 3 is 2.36 bits per heavy atom. The number of rotatable bonds is 2. The molecule has 0 unspecified atom stereocenters. The van der Waals surface area contributed by atoms with E-state index in [0.29, 0.717) is 10.2 Å². The minimum atomic E-state index is -4.80. The number of carbonyl (C=O) groups is 2. The fourth-order valence-electron chi connectivity index (χ4n) is 4.79. The fraction of sp³-hybridized carbons (Fsp3) is 0.500. The Hall–Kier alpha value is -2.20. The first-order valence-electron chi connectivity index (χ1n) is 8.76. The topological polar surface area (TPSA) is 68.7 Å². The second-order valence-electron chi connectivity index (χ2n) is 7.71. The largest absolute Gasteiger partial charge is 0.573 e. The van der Waals surface area contributed by atoms with Crippen LogP contribution in [-0.2, 0) is 14.3 Å². The Labute approximate surface area is 161 Å². The maximum absolute atomic E-state index is 13.3. The van der Waals surface area contributed by atoms with Crippen LogP contribution in [0.4, 0.5) is 18.3 Å². The highest BCUT2D eigenvalue weighted by molar-refractivity contribution is 7.22. The highest BCUT2D eigenvalue weighted by atomic mass is 32.1. The minimum absolute atomic E-state index is 0.158. The number of benzene rings is 1. The van der Waals surface area contributed by atoms with Gasteiger partial charge in [0, 0.05) is 6.07 Å². The molecule has 0 radical (unpaired) electrons. The van der Waals surface area contributed by atoms with Crippen LogP contribution in [0.25, 0.3) is 10.2 Å². The number of ether oxygens (including phenoxy) is 2. The molecule has 5 rings (SSSR count). The van der Waals surface area contributed by atoms with E-state index in [1.807, 2.05) is 0 Å². The molecule has 2 bridgehead atoms. The zero-order valence-electron chi connectivity index (χ0n) is 14.9. The van der Waals surface area contributed by atoms with Crippen molar-refractivity contribution in [1.82, 2.24) is 4.98 Å². The molecule has 6 nitrogen and oxygen atoms in total. The van der Waals surface area contributed by atoms with Crippen LogP contribution in [0.1, 0.15) is 26.7 Å². The van der Waals surface area contributed by atoms with Crippen molar-refractivity contribution in [3.05, 3.63) is 18.2 Å². The molecule has 1 aromatic carbocycles. The quantitative estimate of drug-likeness (QED) is 0.705. The summed E-state index contributed by atoms with van der Waals surface area (Å²) in [6, 6.07) is 3.73. The third-order valence-corrected chi connectivity index (χ3v) is 7.46. The van der Waals surface area contributed by atoms with Gasteiger partial charge in [0.15, 0.2) is 5.13 Å². The molecule has 2 aromatic rings. The molecule has 148 valence electrons. The molecule has 2 amide bonds. The first kappa shape index (κ1) is 17.9. The third kappa shape index (κ3) is 2.04. The van der Waals surface area contributed by atoms with Gasteiger partial charge in [-0.3, -0.25) is 9.59 Å². The summed E-state index contributed by atoms with van der Waals surface area (Å²) in [5, 5.41) is 0.158. The van der Waals surface area contributed by atoms with E-state index in [9.17, 15) is 22.8 Å². The molecule has 0 N–H and O–H groups in total. The molecule has 1 aromatic heterocycles. The molecular formula is C18H15F3N2O4S. The second kappa shape index (κ2) is 5.24. The van der Waals surface area contributed by atoms with Crippen LogP contribution in [0.15, 0.2) is 18.2 Å². The molecule has 3 aliphatic heterocycles. The van der Waals surface area contributed by atoms with Gasteiger partial charge in [-0.1, -0.05) is 11.3 Å². The van der Waals surface area contributed by atoms with Gasteiger partial charge in [0.2, 0.25) is 11.8 Å². The lowest BCUT2D eigenvalue weighted by Crippen LogP contribution is -2.48. The number of nitrogens with zero attached hydrogens (tertiary/aromatic N) is 2. The Balaban J connectivity index is 1.56. The van der Waals surface area contributed by atoms with Crippen molar-refractivity contribution in [1.29, 1.82) is 0 Å². The number of carbonyl (C=O) groups excluding carboxylic acids is 2. The maximum Gasteiger partial charge on any atom is 0.573 e. The number of hydrogen-bond acceptors (Lipinski definition) is 6. The van der Waals surface area contributed by atoms with Gasteiger partial charge in [-0.2, -0.15) is 0 Å². The van der Waals surface area contributed by atoms with Crippen LogP contribution in [0.3, 0.4) is 0 Å². The number of halogens is 3. The predicted octanol–water partition coefficient (Wildman–Crippen LogP) is 3.64. The zero-order valence-corrected chi connectivity index (χ0v) is 15.7. The molecule has 4 heterocycles. The number of amides is 2. The normalized spacial score (nSPS) is 34.5. The highest BCUT2D eigenvalue weighted by Crippen LogP contribution is 2.64. The summed E-state index contributed by atoms with van der Waals surface area (Å²) in [5.74, 6) is -1.10. The van der Waals surface area contributed by atoms with Gasteiger partial charge in [-0.05, 0) is 38.8 Å². The van der Waals surface area contributed by atoms with Gasteiger partial charge in [0.25, 0.3) is 0 Å². The lowest BCUT2D eigenvalue weighted by Gasteiger charge is -2.36. The summed E-state index contributed by atoms with van der Waals surface area (Å²) in [4.78, 5) is 31.9. The van der Waals surface area contributed by atoms with E-state index in [1.54, 1.807) is 13.8 Å². The van der Waals surface area contributed by atoms with E-state index in [0.717, 1.165) is 35.1 Å². The van der Waals surface area contributed by atoms with E-state index < -0.39 is 17.2 Å². The smallest absolute Gasteiger partial charge is 0.406 e. The van der Waals surface area contributed by atoms with E-state index in [-0.39, 0.29) is 34.9 Å². The van der Waals surface area contributed by atoms with Gasteiger partial charge >= 0.3 is 6.36 Å². The van der Waals surface area contributed by atoms with Gasteiger partial charge in [0.05, 0.1) is 33.3 Å². The van der Waals surface area contributed by atoms with E-state index in [1.165, 1.54) is 12.1 Å². The highest BCUT2D eigenvalue weighted by Gasteiger charge is 2.77. The number of hydrogen-bond donors (Lipinski definition) is 0. The Kier molecular flexibility index (Phi) is 3.34. The van der Waals surface area contributed by atoms with E-state index in [4.69, 9.17) is 4.74 Å². The van der Waals surface area contributed by atoms with Crippen molar-refractivity contribution < 1.29 is 32.2 Å². The van der Waals surface area contributed by atoms with Gasteiger partial charge in [0.1, 0.15) is 5.75 Å². The first-order valence-corrected chi connectivity index (χ1v) is 9.58. The average Bonchev–Trinajstić information content (AvgIpc) is 3.31. The second-order valence-corrected chi connectivity index (χ2v) is 8.72. The van der Waals surface area contributed by atoms with Crippen molar-refractivity contribution in [2.45, 2.75) is 45.3 Å². The molecule has 28 heavy (non-hydrogen) atoms. The summed E-state index contributed by atoms with van der Waals surface area (Å²) in [6.45, 7) is 3.53. The van der Waals surface area contributed by atoms with Crippen LogP contribution in [0.2, 0.25) is 0 Å². The maximum atomic E-state index is 13.3. The summed E-state index contributed by atoms with van der Waals surface area (Å²) in [7, 11) is 0. The van der Waals surface area contributed by atoms with Crippen molar-refractivity contribution in [2.24, 2.45) is 10.8 Å². The molecule has 3 fully saturated rings. The summed E-state index contributed by atoms with van der Waals surface area (Å²) < 4.78 is 47.5. The number of thiazole rings is 1. The number of anilines is 1. The lowest BCUT2D eigenvalue weighted by atomic mass is 9.59. The number of alkyl halides is 3. The summed E-state index contributed by atoms with van der Waals surface area (Å²) >= 11 is 0.986. The Morgan fingerprint density at radius 2 is 1.79 bits per heavy atom.